The van der Waals surface area contributed by atoms with Crippen LogP contribution >= 0.6 is 0 Å². The number of carbonyl (C=O) groups is 1. The Morgan fingerprint density at radius 2 is 1.87 bits per heavy atom. The topological polar surface area (TPSA) is 44.8 Å². The van der Waals surface area contributed by atoms with Gasteiger partial charge < -0.3 is 14.2 Å². The van der Waals surface area contributed by atoms with Crippen LogP contribution in [-0.2, 0) is 4.74 Å². The second-order valence-corrected chi connectivity index (χ2v) is 2.65. The molecule has 4 nitrogen and oxygen atoms in total. The first-order valence-electron chi connectivity index (χ1n) is 4.14. The number of benzene rings is 1. The summed E-state index contributed by atoms with van der Waals surface area (Å²) < 4.78 is 27.7. The van der Waals surface area contributed by atoms with Crippen LogP contribution in [-0.4, -0.2) is 27.3 Å². The Labute approximate surface area is 86.6 Å². The first-order valence-corrected chi connectivity index (χ1v) is 4.14. The lowest BCUT2D eigenvalue weighted by Gasteiger charge is -2.10. The number of ether oxygens (including phenoxy) is 3. The molecular formula is C10H11FO4. The third-order valence-electron chi connectivity index (χ3n) is 1.89. The van der Waals surface area contributed by atoms with E-state index in [9.17, 15) is 9.18 Å². The number of hydrogen-bond acceptors (Lipinski definition) is 4. The predicted molar refractivity (Wildman–Crippen MR) is 50.8 cm³/mol. The SMILES string of the molecule is COC(=O)c1ccc(OC)c(OC)c1F. The monoisotopic (exact) mass is 214 g/mol. The number of halogens is 1. The molecule has 1 rings (SSSR count). The maximum atomic E-state index is 13.7. The fraction of sp³-hybridized carbons (Fsp3) is 0.300. The quantitative estimate of drug-likeness (QED) is 0.717. The molecule has 0 atom stereocenters. The largest absolute Gasteiger partial charge is 0.493 e. The van der Waals surface area contributed by atoms with Crippen LogP contribution in [0.15, 0.2) is 12.1 Å². The van der Waals surface area contributed by atoms with E-state index in [0.717, 1.165) is 0 Å². The van der Waals surface area contributed by atoms with Gasteiger partial charge in [-0.25, -0.2) is 9.18 Å². The zero-order chi connectivity index (χ0) is 11.4. The Morgan fingerprint density at radius 1 is 1.20 bits per heavy atom. The summed E-state index contributed by atoms with van der Waals surface area (Å²) in [4.78, 5) is 11.1. The fourth-order valence-corrected chi connectivity index (χ4v) is 1.16. The summed E-state index contributed by atoms with van der Waals surface area (Å²) in [6, 6.07) is 2.72. The molecule has 0 aliphatic heterocycles. The molecule has 0 heterocycles. The Kier molecular flexibility index (Phi) is 3.49. The van der Waals surface area contributed by atoms with Crippen LogP contribution in [0.1, 0.15) is 10.4 Å². The highest BCUT2D eigenvalue weighted by atomic mass is 19.1. The average molecular weight is 214 g/mol. The number of methoxy groups -OCH3 is 3. The minimum Gasteiger partial charge on any atom is -0.493 e. The summed E-state index contributed by atoms with van der Waals surface area (Å²) >= 11 is 0. The highest BCUT2D eigenvalue weighted by molar-refractivity contribution is 5.90. The molecule has 0 saturated heterocycles. The molecule has 0 aliphatic carbocycles. The van der Waals surface area contributed by atoms with Gasteiger partial charge in [-0.2, -0.15) is 0 Å². The minimum absolute atomic E-state index is 0.111. The van der Waals surface area contributed by atoms with Gasteiger partial charge >= 0.3 is 5.97 Å². The number of rotatable bonds is 3. The zero-order valence-corrected chi connectivity index (χ0v) is 8.67. The number of carbonyl (C=O) groups excluding carboxylic acids is 1. The molecule has 1 aromatic rings. The second kappa shape index (κ2) is 4.63. The first kappa shape index (κ1) is 11.3. The molecule has 1 aromatic carbocycles. The van der Waals surface area contributed by atoms with Gasteiger partial charge in [-0.3, -0.25) is 0 Å². The van der Waals surface area contributed by atoms with Gasteiger partial charge in [0, 0.05) is 0 Å². The lowest BCUT2D eigenvalue weighted by atomic mass is 10.2. The summed E-state index contributed by atoms with van der Waals surface area (Å²) in [5.74, 6) is -1.43. The van der Waals surface area contributed by atoms with Crippen molar-refractivity contribution in [1.29, 1.82) is 0 Å². The van der Waals surface area contributed by atoms with Crippen molar-refractivity contribution >= 4 is 5.97 Å². The van der Waals surface area contributed by atoms with Crippen molar-refractivity contribution in [3.05, 3.63) is 23.5 Å². The highest BCUT2D eigenvalue weighted by Crippen LogP contribution is 2.32. The molecule has 0 fully saturated rings. The smallest absolute Gasteiger partial charge is 0.340 e. The predicted octanol–water partition coefficient (Wildman–Crippen LogP) is 1.63. The van der Waals surface area contributed by atoms with E-state index in [4.69, 9.17) is 9.47 Å². The molecule has 0 aromatic heterocycles. The van der Waals surface area contributed by atoms with Crippen molar-refractivity contribution in [2.45, 2.75) is 0 Å². The van der Waals surface area contributed by atoms with Gasteiger partial charge in [0.1, 0.15) is 0 Å². The Balaban J connectivity index is 3.29. The standard InChI is InChI=1S/C10H11FO4/c1-13-7-5-4-6(10(12)15-3)8(11)9(7)14-2/h4-5H,1-3H3. The van der Waals surface area contributed by atoms with Crippen molar-refractivity contribution in [3.63, 3.8) is 0 Å². The summed E-state index contributed by atoms with van der Waals surface area (Å²) in [5, 5.41) is 0. The Bertz CT molecular complexity index is 376. The maximum absolute atomic E-state index is 13.7. The normalized spacial score (nSPS) is 9.60. The molecule has 0 spiro atoms. The Hall–Kier alpha value is -1.78. The summed E-state index contributed by atoms with van der Waals surface area (Å²) in [6.07, 6.45) is 0. The van der Waals surface area contributed by atoms with Gasteiger partial charge in [0.05, 0.1) is 26.9 Å². The molecule has 0 amide bonds. The second-order valence-electron chi connectivity index (χ2n) is 2.65. The van der Waals surface area contributed by atoms with Gasteiger partial charge in [0.25, 0.3) is 0 Å². The van der Waals surface area contributed by atoms with E-state index in [1.165, 1.54) is 33.5 Å². The van der Waals surface area contributed by atoms with Crippen LogP contribution in [0.5, 0.6) is 11.5 Å². The van der Waals surface area contributed by atoms with Crippen LogP contribution in [0.4, 0.5) is 4.39 Å². The molecule has 82 valence electrons. The van der Waals surface area contributed by atoms with E-state index in [1.54, 1.807) is 0 Å². The lowest BCUT2D eigenvalue weighted by Crippen LogP contribution is -2.06. The van der Waals surface area contributed by atoms with E-state index in [0.29, 0.717) is 0 Å². The van der Waals surface area contributed by atoms with Crippen LogP contribution in [0.3, 0.4) is 0 Å². The van der Waals surface area contributed by atoms with E-state index >= 15 is 0 Å². The van der Waals surface area contributed by atoms with Gasteiger partial charge in [0.2, 0.25) is 0 Å². The summed E-state index contributed by atoms with van der Waals surface area (Å²) in [5.41, 5.74) is -0.185. The molecular weight excluding hydrogens is 203 g/mol. The molecule has 0 unspecified atom stereocenters. The molecule has 0 saturated carbocycles. The van der Waals surface area contributed by atoms with Crippen LogP contribution < -0.4 is 9.47 Å². The van der Waals surface area contributed by atoms with E-state index in [2.05, 4.69) is 4.74 Å². The molecule has 5 heteroatoms. The van der Waals surface area contributed by atoms with Crippen molar-refractivity contribution in [3.8, 4) is 11.5 Å². The summed E-state index contributed by atoms with van der Waals surface area (Å²) in [7, 11) is 3.86. The van der Waals surface area contributed by atoms with Crippen molar-refractivity contribution < 1.29 is 23.4 Å². The average Bonchev–Trinajstić information content (AvgIpc) is 2.27. The maximum Gasteiger partial charge on any atom is 0.340 e. The van der Waals surface area contributed by atoms with Gasteiger partial charge in [-0.15, -0.1) is 0 Å². The molecule has 15 heavy (non-hydrogen) atoms. The highest BCUT2D eigenvalue weighted by Gasteiger charge is 2.19. The van der Waals surface area contributed by atoms with Gasteiger partial charge in [-0.1, -0.05) is 0 Å². The minimum atomic E-state index is -0.788. The fourth-order valence-electron chi connectivity index (χ4n) is 1.16. The van der Waals surface area contributed by atoms with Crippen molar-refractivity contribution in [2.75, 3.05) is 21.3 Å². The number of esters is 1. The van der Waals surface area contributed by atoms with E-state index in [1.807, 2.05) is 0 Å². The van der Waals surface area contributed by atoms with Gasteiger partial charge in [0.15, 0.2) is 17.3 Å². The zero-order valence-electron chi connectivity index (χ0n) is 8.67. The molecule has 0 radical (unpaired) electrons. The summed E-state index contributed by atoms with van der Waals surface area (Å²) in [6.45, 7) is 0. The lowest BCUT2D eigenvalue weighted by molar-refractivity contribution is 0.0594. The third-order valence-corrected chi connectivity index (χ3v) is 1.89. The molecule has 0 N–H and O–H groups in total. The van der Waals surface area contributed by atoms with Crippen molar-refractivity contribution in [1.82, 2.24) is 0 Å². The van der Waals surface area contributed by atoms with Crippen LogP contribution in [0.2, 0.25) is 0 Å². The van der Waals surface area contributed by atoms with E-state index in [-0.39, 0.29) is 17.1 Å². The Morgan fingerprint density at radius 3 is 2.33 bits per heavy atom. The van der Waals surface area contributed by atoms with Gasteiger partial charge in [-0.05, 0) is 12.1 Å². The molecule has 0 aliphatic rings. The third kappa shape index (κ3) is 2.01. The van der Waals surface area contributed by atoms with Crippen LogP contribution in [0, 0.1) is 5.82 Å². The first-order chi connectivity index (χ1) is 7.15. The van der Waals surface area contributed by atoms with E-state index < -0.39 is 11.8 Å². The molecule has 0 bridgehead atoms. The van der Waals surface area contributed by atoms with Crippen molar-refractivity contribution in [2.24, 2.45) is 0 Å². The van der Waals surface area contributed by atoms with Crippen LogP contribution in [0.25, 0.3) is 0 Å². The number of hydrogen-bond donors (Lipinski definition) is 0.